The molecule has 1 aromatic heterocycles. The Morgan fingerprint density at radius 2 is 1.87 bits per heavy atom. The summed E-state index contributed by atoms with van der Waals surface area (Å²) in [5, 5.41) is 9.18. The number of nitrogens with two attached hydrogens (primary N) is 1. The maximum Gasteiger partial charge on any atom is 0.115 e. The lowest BCUT2D eigenvalue weighted by molar-refractivity contribution is 0.475. The average Bonchev–Trinajstić information content (AvgIpc) is 2.65. The smallest absolute Gasteiger partial charge is 0.115 e. The highest BCUT2D eigenvalue weighted by molar-refractivity contribution is 5.32. The second-order valence-corrected chi connectivity index (χ2v) is 3.61. The van der Waals surface area contributed by atoms with Gasteiger partial charge in [0, 0.05) is 18.9 Å². The number of phenols is 1. The van der Waals surface area contributed by atoms with Gasteiger partial charge in [-0.2, -0.15) is 0 Å². The molecule has 0 spiro atoms. The van der Waals surface area contributed by atoms with E-state index in [-0.39, 0.29) is 11.8 Å². The van der Waals surface area contributed by atoms with E-state index in [0.29, 0.717) is 0 Å². The van der Waals surface area contributed by atoms with Gasteiger partial charge in [0.05, 0.1) is 6.04 Å². The summed E-state index contributed by atoms with van der Waals surface area (Å²) in [6.45, 7) is 0. The van der Waals surface area contributed by atoms with E-state index in [1.807, 2.05) is 42.1 Å². The summed E-state index contributed by atoms with van der Waals surface area (Å²) in [5.74, 6) is 0.262. The number of aromatic nitrogens is 1. The molecular weight excluding hydrogens is 188 g/mol. The van der Waals surface area contributed by atoms with Crippen LogP contribution in [0.2, 0.25) is 0 Å². The van der Waals surface area contributed by atoms with E-state index in [2.05, 4.69) is 0 Å². The van der Waals surface area contributed by atoms with Gasteiger partial charge < -0.3 is 15.4 Å². The van der Waals surface area contributed by atoms with Crippen LogP contribution in [0.5, 0.6) is 5.75 Å². The number of benzene rings is 1. The average molecular weight is 202 g/mol. The van der Waals surface area contributed by atoms with Crippen LogP contribution in [-0.2, 0) is 7.05 Å². The standard InChI is InChI=1S/C12H14N2O/c1-14-8-2-3-11(14)12(13)9-4-6-10(15)7-5-9/h2-8,12,15H,13H2,1H3. The van der Waals surface area contributed by atoms with Gasteiger partial charge in [-0.1, -0.05) is 12.1 Å². The Hall–Kier alpha value is -1.74. The zero-order valence-electron chi connectivity index (χ0n) is 8.59. The molecule has 15 heavy (non-hydrogen) atoms. The Kier molecular flexibility index (Phi) is 2.47. The van der Waals surface area contributed by atoms with Crippen LogP contribution in [0.15, 0.2) is 42.6 Å². The lowest BCUT2D eigenvalue weighted by atomic mass is 10.0. The topological polar surface area (TPSA) is 51.2 Å². The normalized spacial score (nSPS) is 12.7. The molecule has 0 aliphatic carbocycles. The number of hydrogen-bond donors (Lipinski definition) is 2. The van der Waals surface area contributed by atoms with Crippen LogP contribution < -0.4 is 5.73 Å². The molecule has 0 aliphatic heterocycles. The van der Waals surface area contributed by atoms with Gasteiger partial charge in [-0.25, -0.2) is 0 Å². The third kappa shape index (κ3) is 1.87. The highest BCUT2D eigenvalue weighted by Gasteiger charge is 2.10. The molecule has 0 bridgehead atoms. The van der Waals surface area contributed by atoms with Gasteiger partial charge in [0.2, 0.25) is 0 Å². The van der Waals surface area contributed by atoms with Crippen molar-refractivity contribution in [2.45, 2.75) is 6.04 Å². The van der Waals surface area contributed by atoms with Crippen molar-refractivity contribution in [2.75, 3.05) is 0 Å². The van der Waals surface area contributed by atoms with Crippen molar-refractivity contribution in [3.8, 4) is 5.75 Å². The highest BCUT2D eigenvalue weighted by atomic mass is 16.3. The van der Waals surface area contributed by atoms with Gasteiger partial charge in [-0.05, 0) is 29.8 Å². The summed E-state index contributed by atoms with van der Waals surface area (Å²) in [7, 11) is 1.97. The van der Waals surface area contributed by atoms with Crippen molar-refractivity contribution in [3.05, 3.63) is 53.9 Å². The van der Waals surface area contributed by atoms with Gasteiger partial charge in [0.1, 0.15) is 5.75 Å². The van der Waals surface area contributed by atoms with Crippen LogP contribution in [0.4, 0.5) is 0 Å². The molecule has 0 amide bonds. The monoisotopic (exact) mass is 202 g/mol. The van der Waals surface area contributed by atoms with Crippen LogP contribution in [-0.4, -0.2) is 9.67 Å². The van der Waals surface area contributed by atoms with E-state index in [0.717, 1.165) is 11.3 Å². The van der Waals surface area contributed by atoms with Gasteiger partial charge in [-0.3, -0.25) is 0 Å². The SMILES string of the molecule is Cn1cccc1C(N)c1ccc(O)cc1. The molecule has 1 unspecified atom stereocenters. The zero-order valence-corrected chi connectivity index (χ0v) is 8.59. The molecule has 3 N–H and O–H groups in total. The second kappa shape index (κ2) is 3.79. The number of hydrogen-bond acceptors (Lipinski definition) is 2. The summed E-state index contributed by atoms with van der Waals surface area (Å²) in [6.07, 6.45) is 1.97. The van der Waals surface area contributed by atoms with Crippen molar-refractivity contribution in [2.24, 2.45) is 12.8 Å². The first-order valence-electron chi connectivity index (χ1n) is 4.84. The van der Waals surface area contributed by atoms with Crippen molar-refractivity contribution >= 4 is 0 Å². The first kappa shape index (κ1) is 9.80. The molecule has 0 radical (unpaired) electrons. The Balaban J connectivity index is 2.32. The van der Waals surface area contributed by atoms with E-state index in [1.165, 1.54) is 0 Å². The summed E-state index contributed by atoms with van der Waals surface area (Å²) < 4.78 is 2.00. The molecule has 0 saturated carbocycles. The number of aryl methyl sites for hydroxylation is 1. The fraction of sp³-hybridized carbons (Fsp3) is 0.167. The summed E-state index contributed by atoms with van der Waals surface area (Å²) in [5.41, 5.74) is 8.16. The largest absolute Gasteiger partial charge is 0.508 e. The fourth-order valence-electron chi connectivity index (χ4n) is 1.65. The van der Waals surface area contributed by atoms with Gasteiger partial charge >= 0.3 is 0 Å². The molecule has 3 nitrogen and oxygen atoms in total. The number of phenolic OH excluding ortho intramolecular Hbond substituents is 1. The lowest BCUT2D eigenvalue weighted by Gasteiger charge is -2.13. The van der Waals surface area contributed by atoms with Crippen LogP contribution >= 0.6 is 0 Å². The molecule has 3 heteroatoms. The first-order chi connectivity index (χ1) is 7.18. The molecule has 1 aromatic carbocycles. The van der Waals surface area contributed by atoms with E-state index < -0.39 is 0 Å². The zero-order chi connectivity index (χ0) is 10.8. The third-order valence-electron chi connectivity index (χ3n) is 2.55. The first-order valence-corrected chi connectivity index (χ1v) is 4.84. The van der Waals surface area contributed by atoms with Crippen LogP contribution in [0.3, 0.4) is 0 Å². The molecule has 0 fully saturated rings. The van der Waals surface area contributed by atoms with Gasteiger partial charge in [0.15, 0.2) is 0 Å². The predicted octanol–water partition coefficient (Wildman–Crippen LogP) is 1.78. The minimum absolute atomic E-state index is 0.148. The maximum atomic E-state index is 9.18. The molecule has 2 aromatic rings. The molecule has 0 saturated heterocycles. The van der Waals surface area contributed by atoms with E-state index in [9.17, 15) is 5.11 Å². The number of aromatic hydroxyl groups is 1. The predicted molar refractivity (Wildman–Crippen MR) is 59.6 cm³/mol. The van der Waals surface area contributed by atoms with E-state index in [1.54, 1.807) is 12.1 Å². The Morgan fingerprint density at radius 3 is 2.40 bits per heavy atom. The second-order valence-electron chi connectivity index (χ2n) is 3.61. The Labute approximate surface area is 88.8 Å². The summed E-state index contributed by atoms with van der Waals surface area (Å²) in [6, 6.07) is 10.8. The van der Waals surface area contributed by atoms with Crippen molar-refractivity contribution < 1.29 is 5.11 Å². The van der Waals surface area contributed by atoms with E-state index in [4.69, 9.17) is 5.73 Å². The highest BCUT2D eigenvalue weighted by Crippen LogP contribution is 2.21. The van der Waals surface area contributed by atoms with Crippen molar-refractivity contribution in [1.29, 1.82) is 0 Å². The molecule has 78 valence electrons. The Morgan fingerprint density at radius 1 is 1.20 bits per heavy atom. The lowest BCUT2D eigenvalue weighted by Crippen LogP contribution is -2.14. The van der Waals surface area contributed by atoms with Crippen molar-refractivity contribution in [1.82, 2.24) is 4.57 Å². The summed E-state index contributed by atoms with van der Waals surface area (Å²) >= 11 is 0. The van der Waals surface area contributed by atoms with Crippen LogP contribution in [0.1, 0.15) is 17.3 Å². The minimum Gasteiger partial charge on any atom is -0.508 e. The molecule has 1 heterocycles. The summed E-state index contributed by atoms with van der Waals surface area (Å²) in [4.78, 5) is 0. The quantitative estimate of drug-likeness (QED) is 0.779. The van der Waals surface area contributed by atoms with Crippen molar-refractivity contribution in [3.63, 3.8) is 0 Å². The molecule has 2 rings (SSSR count). The molecule has 0 aliphatic rings. The van der Waals surface area contributed by atoms with Crippen LogP contribution in [0, 0.1) is 0 Å². The minimum atomic E-state index is -0.148. The Bertz CT molecular complexity index is 445. The number of rotatable bonds is 2. The molecule has 1 atom stereocenters. The third-order valence-corrected chi connectivity index (χ3v) is 2.55. The fourth-order valence-corrected chi connectivity index (χ4v) is 1.65. The number of nitrogens with zero attached hydrogens (tertiary/aromatic N) is 1. The van der Waals surface area contributed by atoms with Crippen LogP contribution in [0.25, 0.3) is 0 Å². The molecular formula is C12H14N2O. The van der Waals surface area contributed by atoms with Gasteiger partial charge in [0.25, 0.3) is 0 Å². The van der Waals surface area contributed by atoms with Gasteiger partial charge in [-0.15, -0.1) is 0 Å². The van der Waals surface area contributed by atoms with E-state index >= 15 is 0 Å². The maximum absolute atomic E-state index is 9.18.